The highest BCUT2D eigenvalue weighted by atomic mass is 16.5. The van der Waals surface area contributed by atoms with Gasteiger partial charge >= 0.3 is 0 Å². The van der Waals surface area contributed by atoms with Gasteiger partial charge in [0.05, 0.1) is 19.3 Å². The molecule has 25 heavy (non-hydrogen) atoms. The molecule has 132 valence electrons. The van der Waals surface area contributed by atoms with Crippen LogP contribution >= 0.6 is 0 Å². The Balaban J connectivity index is 1.52. The normalized spacial score (nSPS) is 14.3. The van der Waals surface area contributed by atoms with Gasteiger partial charge in [-0.2, -0.15) is 0 Å². The van der Waals surface area contributed by atoms with Crippen LogP contribution in [0.5, 0.6) is 5.75 Å². The smallest absolute Gasteiger partial charge is 0.241 e. The number of anilines is 2. The van der Waals surface area contributed by atoms with Crippen LogP contribution in [0.1, 0.15) is 5.56 Å². The summed E-state index contributed by atoms with van der Waals surface area (Å²) in [5, 5.41) is 3.22. The van der Waals surface area contributed by atoms with Crippen molar-refractivity contribution in [2.24, 2.45) is 0 Å². The van der Waals surface area contributed by atoms with Gasteiger partial charge in [-0.05, 0) is 36.8 Å². The van der Waals surface area contributed by atoms with Crippen LogP contribution in [0, 0.1) is 6.92 Å². The van der Waals surface area contributed by atoms with Gasteiger partial charge in [0.2, 0.25) is 5.91 Å². The van der Waals surface area contributed by atoms with E-state index < -0.39 is 0 Å². The predicted molar refractivity (Wildman–Crippen MR) is 101 cm³/mol. The lowest BCUT2D eigenvalue weighted by molar-refractivity contribution is -0.129. The van der Waals surface area contributed by atoms with E-state index in [-0.39, 0.29) is 5.91 Å². The molecule has 5 heteroatoms. The molecule has 0 spiro atoms. The number of carbonyl (C=O) groups is 1. The molecule has 0 aromatic heterocycles. The zero-order valence-electron chi connectivity index (χ0n) is 14.9. The summed E-state index contributed by atoms with van der Waals surface area (Å²) in [7, 11) is 1.69. The Morgan fingerprint density at radius 2 is 1.84 bits per heavy atom. The summed E-state index contributed by atoms with van der Waals surface area (Å²) in [5.74, 6) is 1.02. The predicted octanol–water partition coefficient (Wildman–Crippen LogP) is 2.76. The first-order chi connectivity index (χ1) is 12.2. The largest absolute Gasteiger partial charge is 0.495 e. The van der Waals surface area contributed by atoms with E-state index >= 15 is 0 Å². The fourth-order valence-corrected chi connectivity index (χ4v) is 3.13. The number of rotatable bonds is 5. The SMILES string of the molecule is COc1ccccc1N1CCN(C(=O)CNc2cccc(C)c2)CC1. The van der Waals surface area contributed by atoms with Crippen molar-refractivity contribution in [2.45, 2.75) is 6.92 Å². The summed E-state index contributed by atoms with van der Waals surface area (Å²) in [4.78, 5) is 16.6. The molecule has 1 N–H and O–H groups in total. The van der Waals surface area contributed by atoms with Crippen molar-refractivity contribution in [2.75, 3.05) is 50.1 Å². The lowest BCUT2D eigenvalue weighted by Gasteiger charge is -2.36. The molecule has 1 aliphatic heterocycles. The molecule has 1 fully saturated rings. The lowest BCUT2D eigenvalue weighted by Crippen LogP contribution is -2.50. The topological polar surface area (TPSA) is 44.8 Å². The Morgan fingerprint density at radius 3 is 2.56 bits per heavy atom. The number of carbonyl (C=O) groups excluding carboxylic acids is 1. The molecule has 1 aliphatic rings. The maximum absolute atomic E-state index is 12.4. The molecule has 0 unspecified atom stereocenters. The Morgan fingerprint density at radius 1 is 1.08 bits per heavy atom. The van der Waals surface area contributed by atoms with E-state index in [2.05, 4.69) is 16.3 Å². The average Bonchev–Trinajstić information content (AvgIpc) is 2.66. The Labute approximate surface area is 149 Å². The Bertz CT molecular complexity index is 724. The second-order valence-corrected chi connectivity index (χ2v) is 6.26. The summed E-state index contributed by atoms with van der Waals surface area (Å²) in [6.07, 6.45) is 0. The number of amides is 1. The number of methoxy groups -OCH3 is 1. The van der Waals surface area contributed by atoms with Crippen molar-refractivity contribution >= 4 is 17.3 Å². The molecule has 1 amide bonds. The third-order valence-corrected chi connectivity index (χ3v) is 4.52. The minimum absolute atomic E-state index is 0.140. The molecule has 0 bridgehead atoms. The van der Waals surface area contributed by atoms with Gasteiger partial charge in [0.25, 0.3) is 0 Å². The van der Waals surface area contributed by atoms with E-state index in [9.17, 15) is 4.79 Å². The summed E-state index contributed by atoms with van der Waals surface area (Å²) >= 11 is 0. The fraction of sp³-hybridized carbons (Fsp3) is 0.350. The van der Waals surface area contributed by atoms with Crippen molar-refractivity contribution in [3.63, 3.8) is 0 Å². The minimum Gasteiger partial charge on any atom is -0.495 e. The van der Waals surface area contributed by atoms with Gasteiger partial charge in [-0.3, -0.25) is 4.79 Å². The van der Waals surface area contributed by atoms with Gasteiger partial charge in [-0.15, -0.1) is 0 Å². The molecular weight excluding hydrogens is 314 g/mol. The zero-order chi connectivity index (χ0) is 17.6. The third kappa shape index (κ3) is 4.24. The lowest BCUT2D eigenvalue weighted by atomic mass is 10.2. The van der Waals surface area contributed by atoms with E-state index in [1.807, 2.05) is 54.3 Å². The molecule has 0 atom stereocenters. The molecule has 1 saturated heterocycles. The van der Waals surface area contributed by atoms with Gasteiger partial charge < -0.3 is 19.9 Å². The van der Waals surface area contributed by atoms with Crippen LogP contribution in [0.4, 0.5) is 11.4 Å². The Hall–Kier alpha value is -2.69. The minimum atomic E-state index is 0.140. The van der Waals surface area contributed by atoms with Crippen molar-refractivity contribution in [3.05, 3.63) is 54.1 Å². The number of hydrogen-bond acceptors (Lipinski definition) is 4. The van der Waals surface area contributed by atoms with Gasteiger partial charge in [0.1, 0.15) is 5.75 Å². The Kier molecular flexibility index (Phi) is 5.43. The van der Waals surface area contributed by atoms with Crippen LogP contribution in [0.2, 0.25) is 0 Å². The van der Waals surface area contributed by atoms with Crippen molar-refractivity contribution in [3.8, 4) is 5.75 Å². The molecule has 2 aromatic carbocycles. The van der Waals surface area contributed by atoms with Crippen molar-refractivity contribution < 1.29 is 9.53 Å². The highest BCUT2D eigenvalue weighted by Crippen LogP contribution is 2.28. The summed E-state index contributed by atoms with van der Waals surface area (Å²) in [6.45, 7) is 5.47. The summed E-state index contributed by atoms with van der Waals surface area (Å²) in [6, 6.07) is 16.1. The van der Waals surface area contributed by atoms with E-state index in [0.717, 1.165) is 43.3 Å². The maximum Gasteiger partial charge on any atom is 0.241 e. The standard InChI is InChI=1S/C20H25N3O2/c1-16-6-5-7-17(14-16)21-15-20(24)23-12-10-22(11-13-23)18-8-3-4-9-19(18)25-2/h3-9,14,21H,10-13,15H2,1-2H3. The van der Waals surface area contributed by atoms with Crippen LogP contribution < -0.4 is 15.0 Å². The first-order valence-electron chi connectivity index (χ1n) is 8.63. The summed E-state index contributed by atoms with van der Waals surface area (Å²) in [5.41, 5.74) is 3.26. The number of ether oxygens (including phenoxy) is 1. The van der Waals surface area contributed by atoms with Crippen LogP contribution in [-0.2, 0) is 4.79 Å². The molecule has 2 aromatic rings. The van der Waals surface area contributed by atoms with Crippen molar-refractivity contribution in [1.29, 1.82) is 0 Å². The monoisotopic (exact) mass is 339 g/mol. The fourth-order valence-electron chi connectivity index (χ4n) is 3.13. The molecule has 3 rings (SSSR count). The van der Waals surface area contributed by atoms with Crippen LogP contribution in [-0.4, -0.2) is 50.6 Å². The number of hydrogen-bond donors (Lipinski definition) is 1. The second kappa shape index (κ2) is 7.92. The third-order valence-electron chi connectivity index (χ3n) is 4.52. The second-order valence-electron chi connectivity index (χ2n) is 6.26. The molecular formula is C20H25N3O2. The van der Waals surface area contributed by atoms with E-state index in [4.69, 9.17) is 4.74 Å². The highest BCUT2D eigenvalue weighted by molar-refractivity contribution is 5.81. The van der Waals surface area contributed by atoms with Crippen LogP contribution in [0.15, 0.2) is 48.5 Å². The van der Waals surface area contributed by atoms with Crippen molar-refractivity contribution in [1.82, 2.24) is 4.90 Å². The molecule has 5 nitrogen and oxygen atoms in total. The zero-order valence-corrected chi connectivity index (χ0v) is 14.9. The average molecular weight is 339 g/mol. The van der Waals surface area contributed by atoms with Gasteiger partial charge in [0.15, 0.2) is 0 Å². The van der Waals surface area contributed by atoms with Gasteiger partial charge in [-0.25, -0.2) is 0 Å². The van der Waals surface area contributed by atoms with E-state index in [1.54, 1.807) is 7.11 Å². The number of nitrogens with one attached hydrogen (secondary N) is 1. The number of aryl methyl sites for hydroxylation is 1. The first-order valence-corrected chi connectivity index (χ1v) is 8.63. The molecule has 0 radical (unpaired) electrons. The summed E-state index contributed by atoms with van der Waals surface area (Å²) < 4.78 is 5.44. The maximum atomic E-state index is 12.4. The first kappa shape index (κ1) is 17.1. The van der Waals surface area contributed by atoms with Crippen LogP contribution in [0.25, 0.3) is 0 Å². The highest BCUT2D eigenvalue weighted by Gasteiger charge is 2.22. The number of benzene rings is 2. The molecule has 0 saturated carbocycles. The van der Waals surface area contributed by atoms with E-state index in [0.29, 0.717) is 6.54 Å². The number of para-hydroxylation sites is 2. The van der Waals surface area contributed by atoms with Gasteiger partial charge in [0, 0.05) is 31.9 Å². The quantitative estimate of drug-likeness (QED) is 0.910. The van der Waals surface area contributed by atoms with Crippen LogP contribution in [0.3, 0.4) is 0 Å². The molecule has 0 aliphatic carbocycles. The number of piperazine rings is 1. The van der Waals surface area contributed by atoms with Gasteiger partial charge in [-0.1, -0.05) is 24.3 Å². The number of nitrogens with zero attached hydrogens (tertiary/aromatic N) is 2. The molecule has 1 heterocycles. The van der Waals surface area contributed by atoms with E-state index in [1.165, 1.54) is 5.56 Å².